The lowest BCUT2D eigenvalue weighted by molar-refractivity contribution is -0.234. The molecule has 3 N–H and O–H groups in total. The van der Waals surface area contributed by atoms with Gasteiger partial charge in [-0.05, 0) is 14.1 Å². The summed E-state index contributed by atoms with van der Waals surface area (Å²) in [5.74, 6) is -1.23. The van der Waals surface area contributed by atoms with Crippen LogP contribution in [0, 0.1) is 11.8 Å². The van der Waals surface area contributed by atoms with E-state index in [1.54, 1.807) is 14.1 Å². The van der Waals surface area contributed by atoms with Crippen molar-refractivity contribution in [2.45, 2.75) is 22.3 Å². The van der Waals surface area contributed by atoms with Gasteiger partial charge in [-0.1, -0.05) is 22.3 Å². The van der Waals surface area contributed by atoms with E-state index >= 15 is 0 Å². The van der Waals surface area contributed by atoms with Crippen molar-refractivity contribution in [2.24, 2.45) is 11.8 Å². The fourth-order valence-corrected chi connectivity index (χ4v) is 4.66. The monoisotopic (exact) mass is 625 g/mol. The minimum Gasteiger partial charge on any atom is -0.779 e. The van der Waals surface area contributed by atoms with Crippen LogP contribution in [0.3, 0.4) is 0 Å². The molecule has 230 valence electrons. The van der Waals surface area contributed by atoms with E-state index in [9.17, 15) is 32.9 Å². The molecular weight excluding hydrogens is 580 g/mol. The molecule has 37 heavy (non-hydrogen) atoms. The van der Waals surface area contributed by atoms with E-state index in [0.29, 0.717) is 0 Å². The second-order valence-electron chi connectivity index (χ2n) is 7.17. The number of rotatable bonds is 21. The van der Waals surface area contributed by atoms with Crippen LogP contribution in [0.4, 0.5) is 0 Å². The van der Waals surface area contributed by atoms with Crippen molar-refractivity contribution in [1.82, 2.24) is 10.6 Å². The fourth-order valence-electron chi connectivity index (χ4n) is 2.16. The Morgan fingerprint density at radius 1 is 0.649 bits per heavy atom. The topological polar surface area (TPSA) is 237 Å². The lowest BCUT2D eigenvalue weighted by Gasteiger charge is -2.28. The highest BCUT2D eigenvalue weighted by Gasteiger charge is 2.20. The molecule has 6 unspecified atom stereocenters. The molecule has 0 amide bonds. The van der Waals surface area contributed by atoms with Gasteiger partial charge >= 0.3 is 7.60 Å². The van der Waals surface area contributed by atoms with Crippen LogP contribution in [0.15, 0.2) is 0 Å². The summed E-state index contributed by atoms with van der Waals surface area (Å²) in [5, 5.41) is 5.48. The zero-order valence-corrected chi connectivity index (χ0v) is 22.9. The van der Waals surface area contributed by atoms with Gasteiger partial charge in [0, 0.05) is 38.3 Å². The molecule has 20 heteroatoms. The van der Waals surface area contributed by atoms with E-state index in [-0.39, 0.29) is 48.6 Å². The molecule has 0 aromatic carbocycles. The summed E-state index contributed by atoms with van der Waals surface area (Å²) in [5.41, 5.74) is 0. The first-order valence-corrected chi connectivity index (χ1v) is 16.8. The molecule has 0 fully saturated rings. The minimum atomic E-state index is -4.85. The molecule has 0 saturated heterocycles. The van der Waals surface area contributed by atoms with Gasteiger partial charge in [-0.2, -0.15) is 0 Å². The minimum absolute atomic E-state index is 0. The fraction of sp³-hybridized carbons (Fsp3) is 1.00. The molecule has 0 aliphatic heterocycles. The van der Waals surface area contributed by atoms with Crippen molar-refractivity contribution in [2.75, 3.05) is 80.2 Å². The van der Waals surface area contributed by atoms with Gasteiger partial charge in [-0.3, -0.25) is 13.7 Å². The molecule has 6 atom stereocenters. The number of nitrogens with one attached hydrogen (secondary N) is 2. The maximum absolute atomic E-state index is 11.8. The van der Waals surface area contributed by atoms with Crippen molar-refractivity contribution in [1.29, 1.82) is 0 Å². The van der Waals surface area contributed by atoms with Crippen LogP contribution >= 0.6 is 30.8 Å². The average molecular weight is 625 g/mol. The van der Waals surface area contributed by atoms with Crippen LogP contribution in [-0.2, 0) is 45.4 Å². The molecular formula is C17H45N2O14P4-3. The van der Waals surface area contributed by atoms with E-state index in [0.717, 1.165) is 13.3 Å². The zero-order chi connectivity index (χ0) is 26.5. The van der Waals surface area contributed by atoms with Crippen LogP contribution in [0.1, 0.15) is 22.3 Å². The summed E-state index contributed by atoms with van der Waals surface area (Å²) in [6, 6.07) is 0. The predicted molar refractivity (Wildman–Crippen MR) is 135 cm³/mol. The van der Waals surface area contributed by atoms with E-state index < -0.39 is 69.1 Å². The van der Waals surface area contributed by atoms with Gasteiger partial charge in [0.15, 0.2) is 0 Å². The molecule has 0 aromatic rings. The van der Waals surface area contributed by atoms with Crippen LogP contribution in [0.2, 0.25) is 0 Å². The first kappa shape index (κ1) is 44.5. The molecule has 0 spiro atoms. The van der Waals surface area contributed by atoms with Gasteiger partial charge in [0.1, 0.15) is 7.60 Å². The van der Waals surface area contributed by atoms with Gasteiger partial charge in [0.05, 0.1) is 39.6 Å². The quantitative estimate of drug-likeness (QED) is 0.117. The Morgan fingerprint density at radius 2 is 0.973 bits per heavy atom. The second-order valence-corrected chi connectivity index (χ2v) is 13.7. The van der Waals surface area contributed by atoms with Gasteiger partial charge in [0.2, 0.25) is 0 Å². The lowest BCUT2D eigenvalue weighted by Crippen LogP contribution is -2.28. The number of phosphoric acid groups is 2. The smallest absolute Gasteiger partial charge is 0.325 e. The summed E-state index contributed by atoms with van der Waals surface area (Å²) in [6.45, 7) is -0.595. The molecule has 0 radical (unpaired) electrons. The Labute approximate surface area is 221 Å². The highest BCUT2D eigenvalue weighted by molar-refractivity contribution is 7.51. The van der Waals surface area contributed by atoms with Crippen LogP contribution in [0.5, 0.6) is 0 Å². The van der Waals surface area contributed by atoms with Crippen LogP contribution in [0.25, 0.3) is 0 Å². The Hall–Kier alpha value is 0.440. The van der Waals surface area contributed by atoms with Gasteiger partial charge < -0.3 is 61.9 Å². The van der Waals surface area contributed by atoms with Gasteiger partial charge in [0.25, 0.3) is 15.6 Å². The Kier molecular flexibility index (Phi) is 25.5. The van der Waals surface area contributed by atoms with E-state index in [2.05, 4.69) is 33.3 Å². The van der Waals surface area contributed by atoms with Crippen molar-refractivity contribution in [3.05, 3.63) is 0 Å². The summed E-state index contributed by atoms with van der Waals surface area (Å²) >= 11 is 0. The molecule has 0 heterocycles. The first-order chi connectivity index (χ1) is 15.5. The SMILES string of the molecule is C.C.C.CNCC(COP(C)(=O)[O-])COP(=O)([O-])OCCOP(=O)([O-])OCC(CNC)COP(C)(=O)O. The number of hydrogen-bond acceptors (Lipinski definition) is 15. The second kappa shape index (κ2) is 21.2. The maximum atomic E-state index is 11.8. The summed E-state index contributed by atoms with van der Waals surface area (Å²) < 4.78 is 73.7. The van der Waals surface area contributed by atoms with E-state index in [1.807, 2.05) is 0 Å². The normalized spacial score (nSPS) is 19.4. The van der Waals surface area contributed by atoms with Gasteiger partial charge in [-0.25, -0.2) is 0 Å². The molecule has 0 aromatic heterocycles. The highest BCUT2D eigenvalue weighted by atomic mass is 31.2. The lowest BCUT2D eigenvalue weighted by atomic mass is 10.2. The summed E-state index contributed by atoms with van der Waals surface area (Å²) in [4.78, 5) is 43.9. The molecule has 0 aliphatic carbocycles. The Bertz CT molecular complexity index is 700. The highest BCUT2D eigenvalue weighted by Crippen LogP contribution is 2.42. The Balaban J connectivity index is -0.00000181. The van der Waals surface area contributed by atoms with Crippen LogP contribution in [-0.4, -0.2) is 85.0 Å². The third-order valence-electron chi connectivity index (χ3n) is 3.60. The largest absolute Gasteiger partial charge is 0.779 e. The van der Waals surface area contributed by atoms with Gasteiger partial charge in [-0.15, -0.1) is 0 Å². The van der Waals surface area contributed by atoms with E-state index in [4.69, 9.17) is 9.42 Å². The Morgan fingerprint density at radius 3 is 1.27 bits per heavy atom. The molecule has 0 rings (SSSR count). The molecule has 0 aliphatic rings. The summed E-state index contributed by atoms with van der Waals surface area (Å²) in [6.07, 6.45) is 0. The van der Waals surface area contributed by atoms with Crippen molar-refractivity contribution >= 4 is 30.8 Å². The molecule has 0 saturated carbocycles. The first-order valence-electron chi connectivity index (χ1n) is 9.86. The van der Waals surface area contributed by atoms with Crippen LogP contribution < -0.4 is 25.3 Å². The van der Waals surface area contributed by atoms with Crippen molar-refractivity contribution in [3.63, 3.8) is 0 Å². The summed E-state index contributed by atoms with van der Waals surface area (Å²) in [7, 11) is -14.3. The van der Waals surface area contributed by atoms with Crippen molar-refractivity contribution in [3.8, 4) is 0 Å². The number of phosphoric ester groups is 2. The zero-order valence-electron chi connectivity index (χ0n) is 19.4. The third kappa shape index (κ3) is 27.8. The molecule has 16 nitrogen and oxygen atoms in total. The number of hydrogen-bond donors (Lipinski definition) is 3. The predicted octanol–water partition coefficient (Wildman–Crippen LogP) is 0.601. The maximum Gasteiger partial charge on any atom is 0.325 e. The van der Waals surface area contributed by atoms with Crippen molar-refractivity contribution < 1.29 is 65.0 Å². The van der Waals surface area contributed by atoms with E-state index in [1.165, 1.54) is 0 Å². The average Bonchev–Trinajstić information content (AvgIpc) is 2.68. The third-order valence-corrected chi connectivity index (χ3v) is 6.77. The molecule has 0 bridgehead atoms. The standard InChI is InChI=1S/C14H36N2O14P4.3CH4/c1-15-7-13(9-27-31(3,17)18)11-29-33(21,22)25-5-6-26-34(23,24)30-12-14(8-16-2)10-28-32(4,19)20;;;/h13-16H,5-12H2,1-4H3,(H,17,18)(H,19,20)(H,21,22)(H,23,24);3*1H4/p-3.